The predicted octanol–water partition coefficient (Wildman–Crippen LogP) is 2.47. The highest BCUT2D eigenvalue weighted by atomic mass is 32.2. The molecule has 2 aromatic rings. The Morgan fingerprint density at radius 2 is 2.29 bits per heavy atom. The van der Waals surface area contributed by atoms with Crippen LogP contribution in [0.2, 0.25) is 0 Å². The number of thioether (sulfide) groups is 1. The summed E-state index contributed by atoms with van der Waals surface area (Å²) in [7, 11) is 1.91. The van der Waals surface area contributed by atoms with Gasteiger partial charge in [-0.3, -0.25) is 0 Å². The van der Waals surface area contributed by atoms with Gasteiger partial charge in [0.1, 0.15) is 0 Å². The van der Waals surface area contributed by atoms with Gasteiger partial charge >= 0.3 is 5.97 Å². The molecule has 0 saturated carbocycles. The third-order valence-electron chi connectivity index (χ3n) is 2.53. The number of carbonyl (C=O) groups excluding carboxylic acids is 1. The summed E-state index contributed by atoms with van der Waals surface area (Å²) in [6.45, 7) is 2.18. The van der Waals surface area contributed by atoms with Crippen LogP contribution in [0.15, 0.2) is 23.4 Å². The number of nitrogens with zero attached hydrogens (tertiary/aromatic N) is 2. The summed E-state index contributed by atoms with van der Waals surface area (Å²) in [5.41, 5.74) is 2.22. The van der Waals surface area contributed by atoms with Crippen molar-refractivity contribution < 1.29 is 9.53 Å². The number of aryl methyl sites for hydroxylation is 1. The Morgan fingerprint density at radius 1 is 1.53 bits per heavy atom. The highest BCUT2D eigenvalue weighted by molar-refractivity contribution is 7.98. The van der Waals surface area contributed by atoms with Crippen LogP contribution in [0.3, 0.4) is 0 Å². The van der Waals surface area contributed by atoms with Crippen molar-refractivity contribution in [2.75, 3.05) is 12.9 Å². The van der Waals surface area contributed by atoms with E-state index >= 15 is 0 Å². The van der Waals surface area contributed by atoms with Gasteiger partial charge in [-0.25, -0.2) is 9.78 Å². The molecule has 5 heteroatoms. The number of ether oxygens (including phenoxy) is 1. The average Bonchev–Trinajstić information content (AvgIpc) is 2.66. The van der Waals surface area contributed by atoms with E-state index in [9.17, 15) is 4.79 Å². The van der Waals surface area contributed by atoms with E-state index in [1.54, 1.807) is 24.8 Å². The molecule has 0 aliphatic heterocycles. The first-order valence-electron chi connectivity index (χ1n) is 5.35. The van der Waals surface area contributed by atoms with Gasteiger partial charge in [0.15, 0.2) is 5.16 Å². The van der Waals surface area contributed by atoms with Gasteiger partial charge in [-0.15, -0.1) is 0 Å². The molecule has 1 aromatic heterocycles. The third kappa shape index (κ3) is 2.02. The van der Waals surface area contributed by atoms with Crippen LogP contribution in [0, 0.1) is 0 Å². The fourth-order valence-corrected chi connectivity index (χ4v) is 2.36. The second-order valence-corrected chi connectivity index (χ2v) is 4.32. The van der Waals surface area contributed by atoms with Crippen LogP contribution in [-0.4, -0.2) is 28.4 Å². The molecule has 0 aliphatic rings. The number of para-hydroxylation sites is 1. The first-order valence-corrected chi connectivity index (χ1v) is 6.58. The number of aromatic nitrogens is 2. The Kier molecular flexibility index (Phi) is 3.38. The zero-order chi connectivity index (χ0) is 12.4. The van der Waals surface area contributed by atoms with E-state index in [1.807, 2.05) is 30.0 Å². The molecule has 0 N–H and O–H groups in total. The number of imidazole rings is 1. The normalized spacial score (nSPS) is 10.8. The Hall–Kier alpha value is -1.49. The zero-order valence-corrected chi connectivity index (χ0v) is 10.9. The largest absolute Gasteiger partial charge is 0.462 e. The van der Waals surface area contributed by atoms with Crippen molar-refractivity contribution in [2.24, 2.45) is 7.05 Å². The summed E-state index contributed by atoms with van der Waals surface area (Å²) in [5, 5.41) is 0.886. The van der Waals surface area contributed by atoms with Crippen LogP contribution in [-0.2, 0) is 11.8 Å². The van der Waals surface area contributed by atoms with Gasteiger partial charge in [-0.05, 0) is 25.3 Å². The van der Waals surface area contributed by atoms with Crippen LogP contribution in [0.4, 0.5) is 0 Å². The molecular weight excluding hydrogens is 236 g/mol. The molecular formula is C12H14N2O2S. The molecule has 0 aliphatic carbocycles. The van der Waals surface area contributed by atoms with Crippen LogP contribution in [0.5, 0.6) is 0 Å². The molecule has 1 aromatic carbocycles. The highest BCUT2D eigenvalue weighted by Crippen LogP contribution is 2.24. The van der Waals surface area contributed by atoms with Crippen molar-refractivity contribution in [1.29, 1.82) is 0 Å². The van der Waals surface area contributed by atoms with Crippen LogP contribution in [0.25, 0.3) is 11.0 Å². The quantitative estimate of drug-likeness (QED) is 0.620. The minimum atomic E-state index is -0.297. The summed E-state index contributed by atoms with van der Waals surface area (Å²) in [6.07, 6.45) is 1.96. The Morgan fingerprint density at radius 3 is 2.94 bits per heavy atom. The topological polar surface area (TPSA) is 44.1 Å². The highest BCUT2D eigenvalue weighted by Gasteiger charge is 2.16. The minimum absolute atomic E-state index is 0.297. The third-order valence-corrected chi connectivity index (χ3v) is 3.26. The molecule has 0 amide bonds. The van der Waals surface area contributed by atoms with Crippen molar-refractivity contribution in [3.63, 3.8) is 0 Å². The number of hydrogen-bond acceptors (Lipinski definition) is 4. The number of esters is 1. The Bertz CT molecular complexity index is 563. The number of fused-ring (bicyclic) bond motifs is 1. The monoisotopic (exact) mass is 250 g/mol. The molecule has 90 valence electrons. The van der Waals surface area contributed by atoms with Gasteiger partial charge in [0.2, 0.25) is 0 Å². The first-order chi connectivity index (χ1) is 8.19. The lowest BCUT2D eigenvalue weighted by Crippen LogP contribution is -2.06. The zero-order valence-electron chi connectivity index (χ0n) is 10.1. The number of benzene rings is 1. The summed E-state index contributed by atoms with van der Waals surface area (Å²) in [6, 6.07) is 5.50. The molecule has 0 saturated heterocycles. The SMILES string of the molecule is CCOC(=O)c1cccc2nc(SC)n(C)c12. The fraction of sp³-hybridized carbons (Fsp3) is 0.333. The van der Waals surface area contributed by atoms with E-state index in [0.29, 0.717) is 12.2 Å². The molecule has 1 heterocycles. The van der Waals surface area contributed by atoms with Crippen molar-refractivity contribution in [1.82, 2.24) is 9.55 Å². The van der Waals surface area contributed by atoms with Gasteiger partial charge < -0.3 is 9.30 Å². The number of rotatable bonds is 3. The summed E-state index contributed by atoms with van der Waals surface area (Å²) in [4.78, 5) is 16.3. The maximum absolute atomic E-state index is 11.8. The van der Waals surface area contributed by atoms with Crippen LogP contribution in [0.1, 0.15) is 17.3 Å². The molecule has 0 unspecified atom stereocenters. The van der Waals surface area contributed by atoms with E-state index in [4.69, 9.17) is 4.74 Å². The van der Waals surface area contributed by atoms with Crippen molar-refractivity contribution in [2.45, 2.75) is 12.1 Å². The van der Waals surface area contributed by atoms with Gasteiger partial charge in [0.05, 0.1) is 23.2 Å². The second kappa shape index (κ2) is 4.79. The van der Waals surface area contributed by atoms with Crippen molar-refractivity contribution in [3.05, 3.63) is 23.8 Å². The standard InChI is InChI=1S/C12H14N2O2S/c1-4-16-11(15)8-6-5-7-9-10(8)14(2)12(13-9)17-3/h5-7H,4H2,1-3H3. The average molecular weight is 250 g/mol. The number of hydrogen-bond donors (Lipinski definition) is 0. The van der Waals surface area contributed by atoms with E-state index in [1.165, 1.54) is 0 Å². The summed E-state index contributed by atoms with van der Waals surface area (Å²) < 4.78 is 6.97. The second-order valence-electron chi connectivity index (χ2n) is 3.55. The van der Waals surface area contributed by atoms with Crippen LogP contribution < -0.4 is 0 Å². The molecule has 17 heavy (non-hydrogen) atoms. The van der Waals surface area contributed by atoms with Gasteiger partial charge in [0, 0.05) is 7.05 Å². The molecule has 0 spiro atoms. The van der Waals surface area contributed by atoms with E-state index in [-0.39, 0.29) is 5.97 Å². The lowest BCUT2D eigenvalue weighted by Gasteiger charge is -2.05. The maximum Gasteiger partial charge on any atom is 0.340 e. The Labute approximate surface area is 104 Å². The minimum Gasteiger partial charge on any atom is -0.462 e. The van der Waals surface area contributed by atoms with Gasteiger partial charge in [-0.1, -0.05) is 17.8 Å². The molecule has 0 fully saturated rings. The van der Waals surface area contributed by atoms with Gasteiger partial charge in [-0.2, -0.15) is 0 Å². The van der Waals surface area contributed by atoms with E-state index in [2.05, 4.69) is 4.98 Å². The predicted molar refractivity (Wildman–Crippen MR) is 68.5 cm³/mol. The molecule has 0 atom stereocenters. The van der Waals surface area contributed by atoms with E-state index < -0.39 is 0 Å². The molecule has 2 rings (SSSR count). The number of carbonyl (C=O) groups is 1. The Balaban J connectivity index is 2.63. The lowest BCUT2D eigenvalue weighted by atomic mass is 10.2. The smallest absolute Gasteiger partial charge is 0.340 e. The fourth-order valence-electron chi connectivity index (χ4n) is 1.80. The molecule has 0 radical (unpaired) electrons. The summed E-state index contributed by atoms with van der Waals surface area (Å²) >= 11 is 1.55. The van der Waals surface area contributed by atoms with Crippen LogP contribution >= 0.6 is 11.8 Å². The molecule has 0 bridgehead atoms. The van der Waals surface area contributed by atoms with Gasteiger partial charge in [0.25, 0.3) is 0 Å². The maximum atomic E-state index is 11.8. The summed E-state index contributed by atoms with van der Waals surface area (Å²) in [5.74, 6) is -0.297. The lowest BCUT2D eigenvalue weighted by molar-refractivity contribution is 0.0528. The van der Waals surface area contributed by atoms with E-state index in [0.717, 1.165) is 16.2 Å². The first kappa shape index (κ1) is 12.0. The van der Waals surface area contributed by atoms with Crippen molar-refractivity contribution in [3.8, 4) is 0 Å². The molecule has 4 nitrogen and oxygen atoms in total. The van der Waals surface area contributed by atoms with Crippen molar-refractivity contribution >= 4 is 28.8 Å².